The minimum Gasteiger partial charge on any atom is -0.485 e. The molecule has 2 heterocycles. The Bertz CT molecular complexity index is 733. The number of hydrogen-bond acceptors (Lipinski definition) is 6. The average Bonchev–Trinajstić information content (AvgIpc) is 2.76. The van der Waals surface area contributed by atoms with E-state index in [1.807, 2.05) is 30.0 Å². The van der Waals surface area contributed by atoms with E-state index in [1.54, 1.807) is 11.0 Å². The van der Waals surface area contributed by atoms with E-state index in [-0.39, 0.29) is 37.4 Å². The van der Waals surface area contributed by atoms with Crippen molar-refractivity contribution in [2.24, 2.45) is 0 Å². The van der Waals surface area contributed by atoms with Crippen molar-refractivity contribution in [2.45, 2.75) is 19.4 Å². The van der Waals surface area contributed by atoms with E-state index in [0.29, 0.717) is 44.2 Å². The number of para-hydroxylation sites is 2. The van der Waals surface area contributed by atoms with Gasteiger partial charge in [0.1, 0.15) is 6.61 Å². The number of amides is 3. The number of benzene rings is 1. The van der Waals surface area contributed by atoms with E-state index in [1.165, 1.54) is 0 Å². The molecule has 1 aromatic rings. The Kier molecular flexibility index (Phi) is 7.29. The molecule has 0 aliphatic carbocycles. The second-order valence-electron chi connectivity index (χ2n) is 7.09. The number of hydrogen-bond donors (Lipinski definition) is 2. The summed E-state index contributed by atoms with van der Waals surface area (Å²) >= 11 is 0. The van der Waals surface area contributed by atoms with E-state index in [9.17, 15) is 14.4 Å². The van der Waals surface area contributed by atoms with Crippen molar-refractivity contribution < 1.29 is 23.9 Å². The molecular weight excluding hydrogens is 376 g/mol. The molecule has 158 valence electrons. The molecule has 2 aliphatic heterocycles. The Morgan fingerprint density at radius 1 is 1.03 bits per heavy atom. The van der Waals surface area contributed by atoms with Gasteiger partial charge >= 0.3 is 0 Å². The lowest BCUT2D eigenvalue weighted by molar-refractivity contribution is -0.143. The van der Waals surface area contributed by atoms with Gasteiger partial charge < -0.3 is 25.0 Å². The molecule has 1 aromatic carbocycles. The number of piperazine rings is 1. The zero-order chi connectivity index (χ0) is 20.6. The first-order chi connectivity index (χ1) is 14.1. The van der Waals surface area contributed by atoms with Crippen molar-refractivity contribution in [1.29, 1.82) is 0 Å². The molecule has 0 spiro atoms. The first kappa shape index (κ1) is 20.9. The molecule has 29 heavy (non-hydrogen) atoms. The number of ether oxygens (including phenoxy) is 2. The van der Waals surface area contributed by atoms with Crippen molar-refractivity contribution in [3.63, 3.8) is 0 Å². The van der Waals surface area contributed by atoms with Crippen LogP contribution in [0.4, 0.5) is 0 Å². The van der Waals surface area contributed by atoms with Crippen LogP contribution >= 0.6 is 0 Å². The average molecular weight is 404 g/mol. The summed E-state index contributed by atoms with van der Waals surface area (Å²) in [7, 11) is 0. The van der Waals surface area contributed by atoms with Gasteiger partial charge in [-0.05, 0) is 18.6 Å². The molecule has 3 rings (SSSR count). The molecule has 9 heteroatoms. The highest BCUT2D eigenvalue weighted by Gasteiger charge is 2.32. The van der Waals surface area contributed by atoms with Gasteiger partial charge in [-0.2, -0.15) is 0 Å². The molecule has 2 aliphatic rings. The smallest absolute Gasteiger partial charge is 0.267 e. The molecular formula is C20H28N4O5. The molecule has 1 fully saturated rings. The van der Waals surface area contributed by atoms with Gasteiger partial charge in [-0.1, -0.05) is 19.1 Å². The molecule has 2 N–H and O–H groups in total. The van der Waals surface area contributed by atoms with Crippen molar-refractivity contribution in [2.75, 3.05) is 52.4 Å². The van der Waals surface area contributed by atoms with Crippen LogP contribution in [0.1, 0.15) is 13.3 Å². The van der Waals surface area contributed by atoms with Crippen LogP contribution in [0.25, 0.3) is 0 Å². The standard InChI is InChI=1S/C20H28N4O5/c1-2-7-21-18(25)12-22-19(26)13-23-8-10-24(11-9-23)20(27)17-14-28-15-5-3-4-6-16(15)29-17/h3-6,17H,2,7-14H2,1H3,(H,21,25)(H,22,26)/t17-/m0/s1. The molecule has 1 atom stereocenters. The van der Waals surface area contributed by atoms with E-state index in [4.69, 9.17) is 9.47 Å². The van der Waals surface area contributed by atoms with Crippen LogP contribution in [0.3, 0.4) is 0 Å². The van der Waals surface area contributed by atoms with Crippen molar-refractivity contribution in [3.05, 3.63) is 24.3 Å². The Morgan fingerprint density at radius 3 is 2.48 bits per heavy atom. The third kappa shape index (κ3) is 5.83. The van der Waals surface area contributed by atoms with Gasteiger partial charge in [0, 0.05) is 32.7 Å². The summed E-state index contributed by atoms with van der Waals surface area (Å²) in [5, 5.41) is 5.34. The quantitative estimate of drug-likeness (QED) is 0.642. The molecule has 0 radical (unpaired) electrons. The van der Waals surface area contributed by atoms with Gasteiger partial charge in [-0.25, -0.2) is 0 Å². The lowest BCUT2D eigenvalue weighted by Crippen LogP contribution is -2.55. The molecule has 0 bridgehead atoms. The van der Waals surface area contributed by atoms with Crippen molar-refractivity contribution in [1.82, 2.24) is 20.4 Å². The Balaban J connectivity index is 1.38. The zero-order valence-corrected chi connectivity index (χ0v) is 16.7. The zero-order valence-electron chi connectivity index (χ0n) is 16.7. The van der Waals surface area contributed by atoms with E-state index in [2.05, 4.69) is 10.6 Å². The summed E-state index contributed by atoms with van der Waals surface area (Å²) in [5.41, 5.74) is 0. The summed E-state index contributed by atoms with van der Waals surface area (Å²) < 4.78 is 11.4. The van der Waals surface area contributed by atoms with Crippen LogP contribution in [0.5, 0.6) is 11.5 Å². The third-order valence-corrected chi connectivity index (χ3v) is 4.85. The van der Waals surface area contributed by atoms with Crippen LogP contribution in [-0.4, -0.2) is 86.0 Å². The number of nitrogens with zero attached hydrogens (tertiary/aromatic N) is 2. The normalized spacial score (nSPS) is 18.8. The SMILES string of the molecule is CCCNC(=O)CNC(=O)CN1CCN(C(=O)[C@@H]2COc3ccccc3O2)CC1. The fraction of sp³-hybridized carbons (Fsp3) is 0.550. The highest BCUT2D eigenvalue weighted by Crippen LogP contribution is 2.31. The second kappa shape index (κ2) is 10.1. The lowest BCUT2D eigenvalue weighted by Gasteiger charge is -2.36. The molecule has 9 nitrogen and oxygen atoms in total. The van der Waals surface area contributed by atoms with E-state index < -0.39 is 6.10 Å². The number of fused-ring (bicyclic) bond motifs is 1. The van der Waals surface area contributed by atoms with Crippen LogP contribution < -0.4 is 20.1 Å². The van der Waals surface area contributed by atoms with Gasteiger partial charge in [0.25, 0.3) is 5.91 Å². The molecule has 0 saturated carbocycles. The Labute approximate surface area is 170 Å². The van der Waals surface area contributed by atoms with Crippen LogP contribution in [0.15, 0.2) is 24.3 Å². The van der Waals surface area contributed by atoms with Gasteiger partial charge in [-0.15, -0.1) is 0 Å². The number of carbonyl (C=O) groups is 3. The molecule has 0 aromatic heterocycles. The van der Waals surface area contributed by atoms with E-state index >= 15 is 0 Å². The highest BCUT2D eigenvalue weighted by molar-refractivity contribution is 5.85. The fourth-order valence-electron chi connectivity index (χ4n) is 3.24. The Hall–Kier alpha value is -2.81. The lowest BCUT2D eigenvalue weighted by atomic mass is 10.2. The van der Waals surface area contributed by atoms with Gasteiger partial charge in [-0.3, -0.25) is 19.3 Å². The molecule has 1 saturated heterocycles. The second-order valence-corrected chi connectivity index (χ2v) is 7.09. The predicted octanol–water partition coefficient (Wildman–Crippen LogP) is -0.387. The topological polar surface area (TPSA) is 100 Å². The summed E-state index contributed by atoms with van der Waals surface area (Å²) in [6.45, 7) is 5.17. The van der Waals surface area contributed by atoms with Gasteiger partial charge in [0.2, 0.25) is 17.9 Å². The summed E-state index contributed by atoms with van der Waals surface area (Å²) in [5.74, 6) is 0.742. The first-order valence-corrected chi connectivity index (χ1v) is 10.00. The van der Waals surface area contributed by atoms with Crippen molar-refractivity contribution >= 4 is 17.7 Å². The monoisotopic (exact) mass is 404 g/mol. The fourth-order valence-corrected chi connectivity index (χ4v) is 3.24. The highest BCUT2D eigenvalue weighted by atomic mass is 16.6. The molecule has 0 unspecified atom stereocenters. The number of nitrogens with one attached hydrogen (secondary N) is 2. The summed E-state index contributed by atoms with van der Waals surface area (Å²) in [6.07, 6.45) is 0.203. The Morgan fingerprint density at radius 2 is 1.76 bits per heavy atom. The predicted molar refractivity (Wildman–Crippen MR) is 106 cm³/mol. The first-order valence-electron chi connectivity index (χ1n) is 10.00. The maximum atomic E-state index is 12.7. The number of rotatable bonds is 7. The van der Waals surface area contributed by atoms with E-state index in [0.717, 1.165) is 6.42 Å². The van der Waals surface area contributed by atoms with Crippen molar-refractivity contribution in [3.8, 4) is 11.5 Å². The number of carbonyl (C=O) groups excluding carboxylic acids is 3. The van der Waals surface area contributed by atoms with Crippen LogP contribution in [0.2, 0.25) is 0 Å². The van der Waals surface area contributed by atoms with Crippen LogP contribution in [-0.2, 0) is 14.4 Å². The maximum Gasteiger partial charge on any atom is 0.267 e. The van der Waals surface area contributed by atoms with Crippen LogP contribution in [0, 0.1) is 0 Å². The summed E-state index contributed by atoms with van der Waals surface area (Å²) in [6, 6.07) is 7.30. The minimum atomic E-state index is -0.651. The van der Waals surface area contributed by atoms with Gasteiger partial charge in [0.05, 0.1) is 13.1 Å². The maximum absolute atomic E-state index is 12.7. The summed E-state index contributed by atoms with van der Waals surface area (Å²) in [4.78, 5) is 40.0. The third-order valence-electron chi connectivity index (χ3n) is 4.85. The van der Waals surface area contributed by atoms with Gasteiger partial charge in [0.15, 0.2) is 11.5 Å². The largest absolute Gasteiger partial charge is 0.485 e. The molecule has 3 amide bonds. The minimum absolute atomic E-state index is 0.0161.